The molecule has 2 nitrogen and oxygen atoms in total. The van der Waals surface area contributed by atoms with Gasteiger partial charge in [0.1, 0.15) is 5.88 Å². The Morgan fingerprint density at radius 3 is 3.00 bits per heavy atom. The van der Waals surface area contributed by atoms with Gasteiger partial charge in [-0.3, -0.25) is 4.79 Å². The van der Waals surface area contributed by atoms with E-state index in [1.54, 1.807) is 0 Å². The fraction of sp³-hybridized carbons (Fsp3) is 0.667. The zero-order chi connectivity index (χ0) is 8.81. The monoisotopic (exact) mass is 188 g/mol. The molecule has 0 aromatic rings. The minimum atomic E-state index is -0.314. The number of carbonyl (C=O) groups excluding carboxylic acids is 1. The lowest BCUT2D eigenvalue weighted by Gasteiger charge is -2.16. The van der Waals surface area contributed by atoms with Crippen LogP contribution in [-0.4, -0.2) is 18.5 Å². The average Bonchev–Trinajstić information content (AvgIpc) is 2.16. The molecule has 0 aliphatic heterocycles. The van der Waals surface area contributed by atoms with Crippen molar-refractivity contribution in [2.75, 3.05) is 12.5 Å². The normalized spacial score (nSPS) is 22.2. The standard InChI is InChI=1S/C9H13ClO2/c10-6-9(11)12-7-8-4-2-1-3-5-8/h1-2,8H,3-7H2. The van der Waals surface area contributed by atoms with Crippen LogP contribution in [0.15, 0.2) is 12.2 Å². The van der Waals surface area contributed by atoms with Crippen LogP contribution in [0.1, 0.15) is 19.3 Å². The molecule has 3 heteroatoms. The van der Waals surface area contributed by atoms with Crippen molar-refractivity contribution in [3.63, 3.8) is 0 Å². The summed E-state index contributed by atoms with van der Waals surface area (Å²) in [6, 6.07) is 0. The summed E-state index contributed by atoms with van der Waals surface area (Å²) in [7, 11) is 0. The second-order valence-electron chi connectivity index (χ2n) is 2.97. The predicted octanol–water partition coefficient (Wildman–Crippen LogP) is 2.12. The highest BCUT2D eigenvalue weighted by Gasteiger charge is 2.11. The van der Waals surface area contributed by atoms with Crippen LogP contribution in [0.5, 0.6) is 0 Å². The molecular formula is C9H13ClO2. The Labute approximate surface area is 77.5 Å². The van der Waals surface area contributed by atoms with Gasteiger partial charge in [0.2, 0.25) is 0 Å². The number of ether oxygens (including phenoxy) is 1. The van der Waals surface area contributed by atoms with Gasteiger partial charge in [0, 0.05) is 0 Å². The number of hydrogen-bond donors (Lipinski definition) is 0. The first kappa shape index (κ1) is 9.59. The molecule has 1 aliphatic carbocycles. The number of hydrogen-bond acceptors (Lipinski definition) is 2. The summed E-state index contributed by atoms with van der Waals surface area (Å²) in [5.74, 6) is 0.149. The van der Waals surface area contributed by atoms with Crippen LogP contribution < -0.4 is 0 Å². The van der Waals surface area contributed by atoms with E-state index in [4.69, 9.17) is 16.3 Å². The third-order valence-corrected chi connectivity index (χ3v) is 2.19. The highest BCUT2D eigenvalue weighted by Crippen LogP contribution is 2.18. The summed E-state index contributed by atoms with van der Waals surface area (Å²) in [6.07, 6.45) is 7.55. The van der Waals surface area contributed by atoms with Gasteiger partial charge in [-0.05, 0) is 25.2 Å². The van der Waals surface area contributed by atoms with Crippen LogP contribution in [0.2, 0.25) is 0 Å². The van der Waals surface area contributed by atoms with Gasteiger partial charge >= 0.3 is 5.97 Å². The first-order valence-corrected chi connectivity index (χ1v) is 4.73. The fourth-order valence-electron chi connectivity index (χ4n) is 1.26. The number of esters is 1. The van der Waals surface area contributed by atoms with Crippen LogP contribution in [0.4, 0.5) is 0 Å². The second-order valence-corrected chi connectivity index (χ2v) is 3.23. The van der Waals surface area contributed by atoms with Crippen LogP contribution in [0.3, 0.4) is 0 Å². The van der Waals surface area contributed by atoms with Crippen LogP contribution in [-0.2, 0) is 9.53 Å². The van der Waals surface area contributed by atoms with Gasteiger partial charge in [-0.25, -0.2) is 0 Å². The summed E-state index contributed by atoms with van der Waals surface area (Å²) < 4.78 is 4.93. The Balaban J connectivity index is 2.14. The van der Waals surface area contributed by atoms with Crippen molar-refractivity contribution < 1.29 is 9.53 Å². The molecule has 0 heterocycles. The number of rotatable bonds is 3. The quantitative estimate of drug-likeness (QED) is 0.385. The van der Waals surface area contributed by atoms with Gasteiger partial charge in [-0.15, -0.1) is 11.6 Å². The molecule has 0 N–H and O–H groups in total. The van der Waals surface area contributed by atoms with Gasteiger partial charge < -0.3 is 4.74 Å². The zero-order valence-electron chi connectivity index (χ0n) is 6.96. The molecule has 0 fully saturated rings. The number of halogens is 1. The lowest BCUT2D eigenvalue weighted by atomic mass is 9.95. The smallest absolute Gasteiger partial charge is 0.320 e. The van der Waals surface area contributed by atoms with E-state index < -0.39 is 0 Å². The van der Waals surface area contributed by atoms with Crippen LogP contribution >= 0.6 is 11.6 Å². The Morgan fingerprint density at radius 1 is 1.58 bits per heavy atom. The average molecular weight is 189 g/mol. The van der Waals surface area contributed by atoms with E-state index in [0.717, 1.165) is 19.3 Å². The largest absolute Gasteiger partial charge is 0.464 e. The van der Waals surface area contributed by atoms with E-state index in [9.17, 15) is 4.79 Å². The Hall–Kier alpha value is -0.500. The van der Waals surface area contributed by atoms with E-state index >= 15 is 0 Å². The molecule has 12 heavy (non-hydrogen) atoms. The van der Waals surface area contributed by atoms with Crippen molar-refractivity contribution >= 4 is 17.6 Å². The lowest BCUT2D eigenvalue weighted by Crippen LogP contribution is -2.15. The zero-order valence-corrected chi connectivity index (χ0v) is 7.72. The molecule has 0 spiro atoms. The van der Waals surface area contributed by atoms with Gasteiger partial charge in [0.05, 0.1) is 6.61 Å². The molecule has 0 aromatic carbocycles. The Kier molecular flexibility index (Phi) is 4.15. The van der Waals surface area contributed by atoms with Crippen LogP contribution in [0.25, 0.3) is 0 Å². The Bertz CT molecular complexity index is 177. The molecule has 0 saturated carbocycles. The van der Waals surface area contributed by atoms with Crippen molar-refractivity contribution in [1.82, 2.24) is 0 Å². The van der Waals surface area contributed by atoms with E-state index in [1.165, 1.54) is 0 Å². The summed E-state index contributed by atoms with van der Waals surface area (Å²) >= 11 is 5.28. The highest BCUT2D eigenvalue weighted by atomic mass is 35.5. The summed E-state index contributed by atoms with van der Waals surface area (Å²) in [5.41, 5.74) is 0. The number of allylic oxidation sites excluding steroid dienone is 2. The van der Waals surface area contributed by atoms with Crippen molar-refractivity contribution in [3.05, 3.63) is 12.2 Å². The minimum Gasteiger partial charge on any atom is -0.464 e. The van der Waals surface area contributed by atoms with Crippen molar-refractivity contribution in [2.24, 2.45) is 5.92 Å². The molecule has 1 unspecified atom stereocenters. The van der Waals surface area contributed by atoms with Crippen molar-refractivity contribution in [3.8, 4) is 0 Å². The second kappa shape index (κ2) is 5.20. The maximum atomic E-state index is 10.7. The van der Waals surface area contributed by atoms with Crippen molar-refractivity contribution in [1.29, 1.82) is 0 Å². The van der Waals surface area contributed by atoms with Crippen LogP contribution in [0, 0.1) is 5.92 Å². The SMILES string of the molecule is O=C(CCl)OCC1CC=CCC1. The van der Waals surface area contributed by atoms with Gasteiger partial charge in [0.25, 0.3) is 0 Å². The van der Waals surface area contributed by atoms with Crippen molar-refractivity contribution in [2.45, 2.75) is 19.3 Å². The minimum absolute atomic E-state index is 0.0391. The molecular weight excluding hydrogens is 176 g/mol. The number of carbonyl (C=O) groups is 1. The molecule has 0 bridgehead atoms. The molecule has 1 atom stereocenters. The van der Waals surface area contributed by atoms with E-state index in [0.29, 0.717) is 12.5 Å². The molecule has 0 saturated heterocycles. The van der Waals surface area contributed by atoms with E-state index in [-0.39, 0.29) is 11.8 Å². The van der Waals surface area contributed by atoms with Gasteiger partial charge in [-0.1, -0.05) is 12.2 Å². The maximum absolute atomic E-state index is 10.7. The van der Waals surface area contributed by atoms with Gasteiger partial charge in [-0.2, -0.15) is 0 Å². The molecule has 0 radical (unpaired) electrons. The molecule has 0 amide bonds. The molecule has 68 valence electrons. The third kappa shape index (κ3) is 3.26. The topological polar surface area (TPSA) is 26.3 Å². The summed E-state index contributed by atoms with van der Waals surface area (Å²) in [5, 5.41) is 0. The maximum Gasteiger partial charge on any atom is 0.320 e. The first-order chi connectivity index (χ1) is 5.83. The molecule has 0 aromatic heterocycles. The fourth-order valence-corrected chi connectivity index (χ4v) is 1.33. The third-order valence-electron chi connectivity index (χ3n) is 1.97. The Morgan fingerprint density at radius 2 is 2.42 bits per heavy atom. The summed E-state index contributed by atoms with van der Waals surface area (Å²) in [4.78, 5) is 10.7. The predicted molar refractivity (Wildman–Crippen MR) is 48.2 cm³/mol. The lowest BCUT2D eigenvalue weighted by molar-refractivity contribution is -0.142. The molecule has 1 aliphatic rings. The first-order valence-electron chi connectivity index (χ1n) is 4.19. The molecule has 1 rings (SSSR count). The number of alkyl halides is 1. The highest BCUT2D eigenvalue weighted by molar-refractivity contribution is 6.26. The van der Waals surface area contributed by atoms with E-state index in [1.807, 2.05) is 0 Å². The van der Waals surface area contributed by atoms with Gasteiger partial charge in [0.15, 0.2) is 0 Å². The van der Waals surface area contributed by atoms with E-state index in [2.05, 4.69) is 12.2 Å². The summed E-state index contributed by atoms with van der Waals surface area (Å²) in [6.45, 7) is 0.524.